The normalized spacial score (nSPS) is 12.7. The Hall–Kier alpha value is -2.58. The minimum Gasteiger partial charge on any atom is -0.543 e. The Morgan fingerprint density at radius 1 is 0.551 bits per heavy atom. The van der Waals surface area contributed by atoms with Crippen LogP contribution in [-0.4, -0.2) is 22.6 Å². The molecule has 49 heavy (non-hydrogen) atoms. The van der Waals surface area contributed by atoms with Crippen LogP contribution in [0.25, 0.3) is 10.8 Å². The standard InChI is InChI=1S/C43H68O4Si2/c1-29(2)23-48(24-30(3)4,25-31(5)6)46-40-22-38(43(44)45-39-21-16-15-18-35(39)13)42(37-20-17-19-36(14)41(37)40)47-49(26-32(7)8,27-33(9)10)28-34(11)12/h15-22,29-34H,23-28H2,1-14H3. The monoisotopic (exact) mass is 704 g/mol. The van der Waals surface area contributed by atoms with Crippen LogP contribution in [0.3, 0.4) is 0 Å². The van der Waals surface area contributed by atoms with E-state index in [2.05, 4.69) is 108 Å². The minimum atomic E-state index is -2.41. The third-order valence-corrected chi connectivity index (χ3v) is 19.8. The smallest absolute Gasteiger partial charge is 0.347 e. The molecule has 0 aliphatic heterocycles. The molecular formula is C43H68O4Si2. The van der Waals surface area contributed by atoms with Crippen molar-refractivity contribution < 1.29 is 18.4 Å². The summed E-state index contributed by atoms with van der Waals surface area (Å²) < 4.78 is 21.4. The highest BCUT2D eigenvalue weighted by Gasteiger charge is 2.43. The lowest BCUT2D eigenvalue weighted by molar-refractivity contribution is 0.0731. The van der Waals surface area contributed by atoms with Gasteiger partial charge in [0, 0.05) is 10.8 Å². The topological polar surface area (TPSA) is 44.8 Å². The number of hydrogen-bond donors (Lipinski definition) is 0. The van der Waals surface area contributed by atoms with Crippen molar-refractivity contribution in [3.8, 4) is 17.2 Å². The number of esters is 1. The summed E-state index contributed by atoms with van der Waals surface area (Å²) in [6, 6.07) is 22.5. The highest BCUT2D eigenvalue weighted by Crippen LogP contribution is 2.46. The molecule has 0 unspecified atom stereocenters. The molecular weight excluding hydrogens is 637 g/mol. The van der Waals surface area contributed by atoms with Crippen LogP contribution < -0.4 is 13.6 Å². The van der Waals surface area contributed by atoms with Gasteiger partial charge in [-0.05, 0) is 109 Å². The fourth-order valence-electron chi connectivity index (χ4n) is 8.43. The van der Waals surface area contributed by atoms with Gasteiger partial charge in [-0.25, -0.2) is 4.79 Å². The molecule has 3 rings (SSSR count). The first-order chi connectivity index (χ1) is 22.9. The summed E-state index contributed by atoms with van der Waals surface area (Å²) in [5.41, 5.74) is 2.54. The Labute approximate surface area is 302 Å². The molecule has 3 aromatic rings. The number of fused-ring (bicyclic) bond motifs is 1. The average Bonchev–Trinajstić information content (AvgIpc) is 2.92. The minimum absolute atomic E-state index is 0.386. The maximum Gasteiger partial charge on any atom is 0.347 e. The highest BCUT2D eigenvalue weighted by atomic mass is 28.4. The summed E-state index contributed by atoms with van der Waals surface area (Å²) >= 11 is 0. The molecule has 3 aromatic carbocycles. The third-order valence-electron chi connectivity index (χ3n) is 9.13. The third kappa shape index (κ3) is 11.5. The van der Waals surface area contributed by atoms with Gasteiger partial charge in [-0.1, -0.05) is 119 Å². The predicted molar refractivity (Wildman–Crippen MR) is 215 cm³/mol. The number of benzene rings is 3. The zero-order valence-corrected chi connectivity index (χ0v) is 35.5. The van der Waals surface area contributed by atoms with Crippen molar-refractivity contribution in [2.75, 3.05) is 0 Å². The number of carbonyl (C=O) groups is 1. The van der Waals surface area contributed by atoms with Gasteiger partial charge >= 0.3 is 5.97 Å². The fourth-order valence-corrected chi connectivity index (χ4v) is 20.1. The Morgan fingerprint density at radius 2 is 0.980 bits per heavy atom. The van der Waals surface area contributed by atoms with E-state index in [0.29, 0.717) is 52.6 Å². The van der Waals surface area contributed by atoms with Gasteiger partial charge < -0.3 is 13.6 Å². The molecule has 0 saturated heterocycles. The number of hydrogen-bond acceptors (Lipinski definition) is 4. The number of ether oxygens (including phenoxy) is 1. The first-order valence-corrected chi connectivity index (χ1v) is 24.1. The van der Waals surface area contributed by atoms with Gasteiger partial charge in [0.05, 0.1) is 0 Å². The molecule has 0 amide bonds. The summed E-state index contributed by atoms with van der Waals surface area (Å²) in [6.07, 6.45) is 0. The number of rotatable bonds is 18. The summed E-state index contributed by atoms with van der Waals surface area (Å²) in [6.45, 7) is 31.9. The average molecular weight is 705 g/mol. The first-order valence-electron chi connectivity index (χ1n) is 19.1. The molecule has 0 aromatic heterocycles. The lowest BCUT2D eigenvalue weighted by Crippen LogP contribution is -2.46. The van der Waals surface area contributed by atoms with Crippen molar-refractivity contribution in [1.29, 1.82) is 0 Å². The van der Waals surface area contributed by atoms with Gasteiger partial charge in [0.2, 0.25) is 0 Å². The Kier molecular flexibility index (Phi) is 14.6. The molecule has 0 saturated carbocycles. The summed E-state index contributed by atoms with van der Waals surface area (Å²) in [5, 5.41) is 2.03. The van der Waals surface area contributed by atoms with Gasteiger partial charge in [-0.3, -0.25) is 0 Å². The zero-order chi connectivity index (χ0) is 36.7. The van der Waals surface area contributed by atoms with Gasteiger partial charge in [-0.2, -0.15) is 0 Å². The maximum atomic E-state index is 14.6. The van der Waals surface area contributed by atoms with Crippen LogP contribution in [0.1, 0.15) is 105 Å². The Balaban J connectivity index is 2.43. The SMILES string of the molecule is Cc1ccccc1OC(=O)c1cc(O[Si](CC(C)C)(CC(C)C)CC(C)C)c2c(C)cccc2c1O[Si](CC(C)C)(CC(C)C)CC(C)C. The molecule has 0 radical (unpaired) electrons. The largest absolute Gasteiger partial charge is 0.543 e. The Bertz CT molecular complexity index is 1470. The zero-order valence-electron chi connectivity index (χ0n) is 33.5. The summed E-state index contributed by atoms with van der Waals surface area (Å²) in [4.78, 5) is 14.6. The summed E-state index contributed by atoms with van der Waals surface area (Å²) in [5.74, 6) is 4.67. The van der Waals surface area contributed by atoms with E-state index in [1.165, 1.54) is 0 Å². The van der Waals surface area contributed by atoms with Crippen molar-refractivity contribution in [3.63, 3.8) is 0 Å². The van der Waals surface area contributed by atoms with Crippen molar-refractivity contribution in [3.05, 3.63) is 65.2 Å². The second-order valence-electron chi connectivity index (χ2n) is 17.6. The van der Waals surface area contributed by atoms with Crippen molar-refractivity contribution in [2.45, 2.75) is 133 Å². The lowest BCUT2D eigenvalue weighted by atomic mass is 10.0. The molecule has 6 heteroatoms. The maximum absolute atomic E-state index is 14.6. The second kappa shape index (κ2) is 17.6. The van der Waals surface area contributed by atoms with Gasteiger partial charge in [-0.15, -0.1) is 0 Å². The van der Waals surface area contributed by atoms with E-state index in [1.54, 1.807) is 0 Å². The Morgan fingerprint density at radius 3 is 1.43 bits per heavy atom. The van der Waals surface area contributed by atoms with Crippen LogP contribution in [0.5, 0.6) is 17.2 Å². The van der Waals surface area contributed by atoms with Crippen molar-refractivity contribution >= 4 is 33.4 Å². The van der Waals surface area contributed by atoms with E-state index in [9.17, 15) is 4.79 Å². The van der Waals surface area contributed by atoms with Crippen molar-refractivity contribution in [1.82, 2.24) is 0 Å². The van der Waals surface area contributed by atoms with Crippen LogP contribution in [0.15, 0.2) is 48.5 Å². The molecule has 0 bridgehead atoms. The number of para-hydroxylation sites is 1. The van der Waals surface area contributed by atoms with Crippen LogP contribution in [-0.2, 0) is 0 Å². The van der Waals surface area contributed by atoms with E-state index in [4.69, 9.17) is 13.6 Å². The van der Waals surface area contributed by atoms with E-state index in [1.807, 2.05) is 37.3 Å². The first kappa shape index (κ1) is 40.8. The molecule has 272 valence electrons. The van der Waals surface area contributed by atoms with Crippen molar-refractivity contribution in [2.24, 2.45) is 35.5 Å². The highest BCUT2D eigenvalue weighted by molar-refractivity contribution is 6.75. The van der Waals surface area contributed by atoms with Crippen LogP contribution >= 0.6 is 0 Å². The van der Waals surface area contributed by atoms with Crippen LogP contribution in [0.2, 0.25) is 36.3 Å². The van der Waals surface area contributed by atoms with Crippen LogP contribution in [0, 0.1) is 49.4 Å². The van der Waals surface area contributed by atoms with E-state index in [-0.39, 0.29) is 5.97 Å². The van der Waals surface area contributed by atoms with Gasteiger partial charge in [0.25, 0.3) is 16.6 Å². The van der Waals surface area contributed by atoms with Gasteiger partial charge in [0.15, 0.2) is 0 Å². The van der Waals surface area contributed by atoms with Crippen LogP contribution in [0.4, 0.5) is 0 Å². The molecule has 0 aliphatic rings. The fraction of sp³-hybridized carbons (Fsp3) is 0.605. The number of aryl methyl sites for hydroxylation is 2. The predicted octanol–water partition coefficient (Wildman–Crippen LogP) is 13.3. The molecule has 0 aliphatic carbocycles. The lowest BCUT2D eigenvalue weighted by Gasteiger charge is -2.39. The van der Waals surface area contributed by atoms with E-state index in [0.717, 1.165) is 63.9 Å². The van der Waals surface area contributed by atoms with E-state index >= 15 is 0 Å². The summed E-state index contributed by atoms with van der Waals surface area (Å²) in [7, 11) is -4.73. The quantitative estimate of drug-likeness (QED) is 0.0751. The molecule has 0 N–H and O–H groups in total. The second-order valence-corrected chi connectivity index (χ2v) is 25.2. The molecule has 0 atom stereocenters. The molecule has 0 fully saturated rings. The number of carbonyl (C=O) groups excluding carboxylic acids is 1. The van der Waals surface area contributed by atoms with E-state index < -0.39 is 16.6 Å². The molecule has 4 nitrogen and oxygen atoms in total. The molecule has 0 heterocycles. The molecule has 0 spiro atoms. The van der Waals surface area contributed by atoms with Gasteiger partial charge in [0.1, 0.15) is 22.8 Å².